The highest BCUT2D eigenvalue weighted by Gasteiger charge is 2.28. The van der Waals surface area contributed by atoms with Crippen LogP contribution in [0.5, 0.6) is 5.75 Å². The van der Waals surface area contributed by atoms with Crippen LogP contribution in [0.2, 0.25) is 0 Å². The third kappa shape index (κ3) is 6.84. The lowest BCUT2D eigenvalue weighted by Gasteiger charge is -2.29. The van der Waals surface area contributed by atoms with Crippen LogP contribution in [-0.4, -0.2) is 41.9 Å². The molecule has 166 valence electrons. The van der Waals surface area contributed by atoms with Gasteiger partial charge in [-0.25, -0.2) is 0 Å². The van der Waals surface area contributed by atoms with E-state index in [2.05, 4.69) is 11.4 Å². The Labute approximate surface area is 185 Å². The van der Waals surface area contributed by atoms with Gasteiger partial charge in [-0.05, 0) is 68.9 Å². The first kappa shape index (κ1) is 22.9. The van der Waals surface area contributed by atoms with E-state index < -0.39 is 6.04 Å². The Bertz CT molecular complexity index is 855. The molecule has 0 spiro atoms. The lowest BCUT2D eigenvalue weighted by molar-refractivity contribution is -0.141. The van der Waals surface area contributed by atoms with Crippen molar-refractivity contribution in [3.05, 3.63) is 65.2 Å². The molecule has 0 radical (unpaired) electrons. The van der Waals surface area contributed by atoms with Crippen molar-refractivity contribution in [2.24, 2.45) is 0 Å². The third-order valence-corrected chi connectivity index (χ3v) is 5.91. The van der Waals surface area contributed by atoms with Crippen molar-refractivity contribution in [1.29, 1.82) is 0 Å². The summed E-state index contributed by atoms with van der Waals surface area (Å²) in [6.07, 6.45) is 5.04. The fraction of sp³-hybridized carbons (Fsp3) is 0.462. The monoisotopic (exact) mass is 422 g/mol. The summed E-state index contributed by atoms with van der Waals surface area (Å²) in [6, 6.07) is 15.6. The lowest BCUT2D eigenvalue weighted by Crippen LogP contribution is -2.51. The van der Waals surface area contributed by atoms with Crippen LogP contribution in [0.3, 0.4) is 0 Å². The Balaban J connectivity index is 1.66. The van der Waals surface area contributed by atoms with Crippen molar-refractivity contribution in [3.8, 4) is 5.75 Å². The van der Waals surface area contributed by atoms with E-state index in [1.54, 1.807) is 4.90 Å². The lowest BCUT2D eigenvalue weighted by atomic mass is 10.1. The molecule has 0 heterocycles. The molecule has 1 aliphatic carbocycles. The summed E-state index contributed by atoms with van der Waals surface area (Å²) in [5.41, 5.74) is 3.32. The Hall–Kier alpha value is -2.82. The molecule has 2 aromatic carbocycles. The number of carbonyl (C=O) groups excluding carboxylic acids is 2. The summed E-state index contributed by atoms with van der Waals surface area (Å²) in [4.78, 5) is 27.6. The van der Waals surface area contributed by atoms with E-state index in [0.29, 0.717) is 18.7 Å². The summed E-state index contributed by atoms with van der Waals surface area (Å²) in [5.74, 6) is 0.417. The molecule has 2 amide bonds. The third-order valence-electron chi connectivity index (χ3n) is 5.91. The molecule has 1 atom stereocenters. The highest BCUT2D eigenvalue weighted by molar-refractivity contribution is 5.88. The van der Waals surface area contributed by atoms with Gasteiger partial charge in [0.05, 0.1) is 0 Å². The SMILES string of the molecule is Cc1cc(C)cc(OCC(=O)N(CCc2ccccc2)C(C)C(=O)NC2CCCC2)c1. The minimum absolute atomic E-state index is 0.0836. The minimum atomic E-state index is -0.542. The molecule has 1 fully saturated rings. The van der Waals surface area contributed by atoms with Gasteiger partial charge in [-0.2, -0.15) is 0 Å². The number of benzene rings is 2. The fourth-order valence-corrected chi connectivity index (χ4v) is 4.21. The standard InChI is InChI=1S/C26H34N2O3/c1-19-15-20(2)17-24(16-19)31-18-25(29)28(14-13-22-9-5-4-6-10-22)21(3)26(30)27-23-11-7-8-12-23/h4-6,9-10,15-17,21,23H,7-8,11-14,18H2,1-3H3,(H,27,30). The number of hydrogen-bond donors (Lipinski definition) is 1. The molecule has 2 aromatic rings. The van der Waals surface area contributed by atoms with Gasteiger partial charge < -0.3 is 15.0 Å². The van der Waals surface area contributed by atoms with Crippen molar-refractivity contribution in [1.82, 2.24) is 10.2 Å². The average Bonchev–Trinajstić information content (AvgIpc) is 3.25. The van der Waals surface area contributed by atoms with Crippen LogP contribution in [-0.2, 0) is 16.0 Å². The van der Waals surface area contributed by atoms with Crippen LogP contribution in [0, 0.1) is 13.8 Å². The van der Waals surface area contributed by atoms with Gasteiger partial charge in [-0.3, -0.25) is 9.59 Å². The molecule has 1 aliphatic rings. The first-order valence-electron chi connectivity index (χ1n) is 11.3. The Morgan fingerprint density at radius 2 is 1.71 bits per heavy atom. The Kier molecular flexibility index (Phi) is 8.10. The van der Waals surface area contributed by atoms with Crippen molar-refractivity contribution >= 4 is 11.8 Å². The molecule has 1 unspecified atom stereocenters. The van der Waals surface area contributed by atoms with Crippen LogP contribution in [0.4, 0.5) is 0 Å². The van der Waals surface area contributed by atoms with Crippen molar-refractivity contribution < 1.29 is 14.3 Å². The summed E-state index contributed by atoms with van der Waals surface area (Å²) in [5, 5.41) is 3.13. The second-order valence-electron chi connectivity index (χ2n) is 8.60. The number of carbonyl (C=O) groups is 2. The number of amides is 2. The predicted molar refractivity (Wildman–Crippen MR) is 123 cm³/mol. The van der Waals surface area contributed by atoms with E-state index in [0.717, 1.165) is 42.4 Å². The normalized spacial score (nSPS) is 14.8. The summed E-state index contributed by atoms with van der Waals surface area (Å²) in [6.45, 7) is 6.20. The first-order valence-corrected chi connectivity index (χ1v) is 11.3. The maximum atomic E-state index is 13.1. The highest BCUT2D eigenvalue weighted by Crippen LogP contribution is 2.19. The zero-order valence-corrected chi connectivity index (χ0v) is 18.9. The van der Waals surface area contributed by atoms with Crippen LogP contribution in [0.25, 0.3) is 0 Å². The molecule has 0 saturated heterocycles. The Morgan fingerprint density at radius 3 is 2.35 bits per heavy atom. The number of nitrogens with zero attached hydrogens (tertiary/aromatic N) is 1. The Morgan fingerprint density at radius 1 is 1.06 bits per heavy atom. The van der Waals surface area contributed by atoms with Gasteiger partial charge >= 0.3 is 0 Å². The molecule has 0 aliphatic heterocycles. The van der Waals surface area contributed by atoms with Crippen LogP contribution in [0.1, 0.15) is 49.3 Å². The maximum Gasteiger partial charge on any atom is 0.261 e. The molecule has 1 N–H and O–H groups in total. The van der Waals surface area contributed by atoms with E-state index in [-0.39, 0.29) is 24.5 Å². The number of hydrogen-bond acceptors (Lipinski definition) is 3. The molecule has 3 rings (SSSR count). The van der Waals surface area contributed by atoms with Gasteiger partial charge in [0.25, 0.3) is 5.91 Å². The number of rotatable bonds is 9. The zero-order valence-electron chi connectivity index (χ0n) is 18.9. The summed E-state index contributed by atoms with van der Waals surface area (Å²) >= 11 is 0. The largest absolute Gasteiger partial charge is 0.484 e. The average molecular weight is 423 g/mol. The fourth-order valence-electron chi connectivity index (χ4n) is 4.21. The molecular formula is C26H34N2O3. The van der Waals surface area contributed by atoms with E-state index in [4.69, 9.17) is 4.74 Å². The quantitative estimate of drug-likeness (QED) is 0.659. The van der Waals surface area contributed by atoms with Crippen LogP contribution < -0.4 is 10.1 Å². The molecule has 5 nitrogen and oxygen atoms in total. The molecule has 31 heavy (non-hydrogen) atoms. The molecule has 0 aromatic heterocycles. The highest BCUT2D eigenvalue weighted by atomic mass is 16.5. The van der Waals surface area contributed by atoms with Gasteiger partial charge in [0.2, 0.25) is 5.91 Å². The smallest absolute Gasteiger partial charge is 0.261 e. The maximum absolute atomic E-state index is 13.1. The van der Waals surface area contributed by atoms with Gasteiger partial charge in [0.1, 0.15) is 11.8 Å². The van der Waals surface area contributed by atoms with E-state index in [1.165, 1.54) is 0 Å². The predicted octanol–water partition coefficient (Wildman–Crippen LogP) is 4.20. The molecular weight excluding hydrogens is 388 g/mol. The second kappa shape index (κ2) is 11.0. The van der Waals surface area contributed by atoms with Crippen molar-refractivity contribution in [2.45, 2.75) is 65.0 Å². The summed E-state index contributed by atoms with van der Waals surface area (Å²) in [7, 11) is 0. The van der Waals surface area contributed by atoms with Gasteiger partial charge in [-0.15, -0.1) is 0 Å². The molecule has 0 bridgehead atoms. The van der Waals surface area contributed by atoms with Crippen LogP contribution in [0.15, 0.2) is 48.5 Å². The first-order chi connectivity index (χ1) is 14.9. The second-order valence-corrected chi connectivity index (χ2v) is 8.60. The topological polar surface area (TPSA) is 58.6 Å². The van der Waals surface area contributed by atoms with Gasteiger partial charge in [0.15, 0.2) is 6.61 Å². The van der Waals surface area contributed by atoms with Gasteiger partial charge in [-0.1, -0.05) is 49.2 Å². The van der Waals surface area contributed by atoms with Crippen molar-refractivity contribution in [3.63, 3.8) is 0 Å². The molecule has 5 heteroatoms. The number of ether oxygens (including phenoxy) is 1. The van der Waals surface area contributed by atoms with Gasteiger partial charge in [0, 0.05) is 12.6 Å². The number of aryl methyl sites for hydroxylation is 2. The zero-order chi connectivity index (χ0) is 22.2. The summed E-state index contributed by atoms with van der Waals surface area (Å²) < 4.78 is 5.80. The van der Waals surface area contributed by atoms with E-state index >= 15 is 0 Å². The number of nitrogens with one attached hydrogen (secondary N) is 1. The van der Waals surface area contributed by atoms with E-state index in [9.17, 15) is 9.59 Å². The van der Waals surface area contributed by atoms with Crippen molar-refractivity contribution in [2.75, 3.05) is 13.2 Å². The van der Waals surface area contributed by atoms with Crippen LogP contribution >= 0.6 is 0 Å². The van der Waals surface area contributed by atoms with E-state index in [1.807, 2.05) is 63.2 Å². The molecule has 1 saturated carbocycles. The minimum Gasteiger partial charge on any atom is -0.484 e.